The van der Waals surface area contributed by atoms with E-state index in [1.165, 1.54) is 11.1 Å². The molecule has 0 unspecified atom stereocenters. The molecule has 0 bridgehead atoms. The first-order chi connectivity index (χ1) is 17.6. The van der Waals surface area contributed by atoms with Gasteiger partial charge in [0, 0.05) is 32.1 Å². The molecule has 1 saturated heterocycles. The van der Waals surface area contributed by atoms with Crippen molar-refractivity contribution in [1.29, 1.82) is 0 Å². The summed E-state index contributed by atoms with van der Waals surface area (Å²) in [6.07, 6.45) is 2.35. The number of carbonyl (C=O) groups excluding carboxylic acids is 1. The van der Waals surface area contributed by atoms with Gasteiger partial charge in [0.2, 0.25) is 0 Å². The number of nitrogens with zero attached hydrogens (tertiary/aromatic N) is 3. The second-order valence-electron chi connectivity index (χ2n) is 10.7. The number of carbonyl (C=O) groups is 1. The van der Waals surface area contributed by atoms with Gasteiger partial charge < -0.3 is 25.3 Å². The van der Waals surface area contributed by atoms with Crippen LogP contribution in [0.5, 0.6) is 0 Å². The lowest BCUT2D eigenvalue weighted by Crippen LogP contribution is -2.41. The number of likely N-dealkylation sites (tertiary alicyclic amines) is 1. The Hall–Kier alpha value is -2.32. The van der Waals surface area contributed by atoms with Crippen LogP contribution in [-0.4, -0.2) is 52.3 Å². The smallest absolute Gasteiger partial charge is 0.410 e. The van der Waals surface area contributed by atoms with Crippen LogP contribution in [0.1, 0.15) is 62.9 Å². The Balaban J connectivity index is 1.53. The second-order valence-corrected chi connectivity index (χ2v) is 11.5. The third-order valence-electron chi connectivity index (χ3n) is 6.58. The molecule has 1 aliphatic rings. The van der Waals surface area contributed by atoms with Gasteiger partial charge in [-0.3, -0.25) is 0 Å². The topological polar surface area (TPSA) is 85.4 Å². The van der Waals surface area contributed by atoms with Crippen molar-refractivity contribution in [2.75, 3.05) is 26.2 Å². The first-order valence-electron chi connectivity index (χ1n) is 13.0. The molecular weight excluding hydrogens is 509 g/mol. The number of rotatable bonds is 8. The van der Waals surface area contributed by atoms with Crippen LogP contribution in [-0.2, 0) is 17.8 Å². The van der Waals surface area contributed by atoms with Crippen molar-refractivity contribution >= 4 is 40.3 Å². The standard InChI is InChI=1S/C28H37Cl2N5O2/c1-28(2,3)37-27(36)34-13-9-21(10-14-34)26-33-24-15-22(29)23(30)16-25(24)35(26)18-20-7-5-19(6-8-20)17-32-12-4-11-31/h5-8,15-16,21,32H,4,9-14,17-18,31H2,1-3H3. The van der Waals surface area contributed by atoms with Crippen molar-refractivity contribution in [2.24, 2.45) is 5.73 Å². The van der Waals surface area contributed by atoms with Crippen molar-refractivity contribution in [1.82, 2.24) is 19.8 Å². The van der Waals surface area contributed by atoms with E-state index in [2.05, 4.69) is 34.1 Å². The summed E-state index contributed by atoms with van der Waals surface area (Å²) < 4.78 is 7.82. The third-order valence-corrected chi connectivity index (χ3v) is 7.30. The zero-order valence-corrected chi connectivity index (χ0v) is 23.4. The normalized spacial score (nSPS) is 14.9. The number of piperidine rings is 1. The number of nitrogens with two attached hydrogens (primary N) is 1. The van der Waals surface area contributed by atoms with E-state index in [1.807, 2.05) is 32.9 Å². The molecule has 2 aromatic carbocycles. The minimum atomic E-state index is -0.503. The fourth-order valence-electron chi connectivity index (χ4n) is 4.67. The summed E-state index contributed by atoms with van der Waals surface area (Å²) in [5, 5.41) is 4.43. The molecule has 3 N–H and O–H groups in total. The zero-order chi connectivity index (χ0) is 26.6. The van der Waals surface area contributed by atoms with Crippen LogP contribution in [0, 0.1) is 0 Å². The molecule has 0 radical (unpaired) electrons. The van der Waals surface area contributed by atoms with Gasteiger partial charge in [0.05, 0.1) is 21.1 Å². The van der Waals surface area contributed by atoms with E-state index in [0.717, 1.165) is 49.2 Å². The Morgan fingerprint density at radius 2 is 1.76 bits per heavy atom. The molecule has 1 amide bonds. The monoisotopic (exact) mass is 545 g/mol. The Kier molecular flexibility index (Phi) is 9.01. The number of fused-ring (bicyclic) bond motifs is 1. The Bertz CT molecular complexity index is 1210. The molecule has 0 spiro atoms. The number of halogens is 2. The van der Waals surface area contributed by atoms with E-state index in [9.17, 15) is 4.79 Å². The lowest BCUT2D eigenvalue weighted by Gasteiger charge is -2.33. The quantitative estimate of drug-likeness (QED) is 0.342. The van der Waals surface area contributed by atoms with Crippen LogP contribution in [0.15, 0.2) is 36.4 Å². The van der Waals surface area contributed by atoms with Gasteiger partial charge in [-0.25, -0.2) is 9.78 Å². The molecule has 0 aliphatic carbocycles. The second kappa shape index (κ2) is 12.0. The zero-order valence-electron chi connectivity index (χ0n) is 21.9. The number of hydrogen-bond acceptors (Lipinski definition) is 5. The fourth-order valence-corrected chi connectivity index (χ4v) is 4.98. The first kappa shape index (κ1) is 27.7. The van der Waals surface area contributed by atoms with E-state index < -0.39 is 5.60 Å². The van der Waals surface area contributed by atoms with Gasteiger partial charge >= 0.3 is 6.09 Å². The van der Waals surface area contributed by atoms with Crippen molar-refractivity contribution in [3.8, 4) is 0 Å². The molecule has 7 nitrogen and oxygen atoms in total. The summed E-state index contributed by atoms with van der Waals surface area (Å²) in [4.78, 5) is 19.3. The van der Waals surface area contributed by atoms with Crippen molar-refractivity contribution in [2.45, 2.75) is 64.6 Å². The number of aromatic nitrogens is 2. The Labute approximate surface area is 229 Å². The first-order valence-corrected chi connectivity index (χ1v) is 13.7. The molecule has 9 heteroatoms. The SMILES string of the molecule is CC(C)(C)OC(=O)N1CCC(c2nc3cc(Cl)c(Cl)cc3n2Cc2ccc(CNCCCN)cc2)CC1. The van der Waals surface area contributed by atoms with E-state index in [4.69, 9.17) is 38.7 Å². The van der Waals surface area contributed by atoms with Gasteiger partial charge in [0.25, 0.3) is 0 Å². The summed E-state index contributed by atoms with van der Waals surface area (Å²) in [6.45, 7) is 10.1. The molecule has 200 valence electrons. The van der Waals surface area contributed by atoms with Crippen LogP contribution in [0.4, 0.5) is 4.79 Å². The third kappa shape index (κ3) is 7.17. The van der Waals surface area contributed by atoms with Crippen LogP contribution in [0.2, 0.25) is 10.0 Å². The molecule has 1 aromatic heterocycles. The lowest BCUT2D eigenvalue weighted by atomic mass is 9.96. The number of imidazole rings is 1. The maximum absolute atomic E-state index is 12.6. The van der Waals surface area contributed by atoms with Gasteiger partial charge in [-0.15, -0.1) is 0 Å². The molecule has 1 fully saturated rings. The van der Waals surface area contributed by atoms with E-state index in [0.29, 0.717) is 36.2 Å². The largest absolute Gasteiger partial charge is 0.444 e. The van der Waals surface area contributed by atoms with Crippen LogP contribution in [0.3, 0.4) is 0 Å². The highest BCUT2D eigenvalue weighted by Crippen LogP contribution is 2.34. The molecule has 1 aliphatic heterocycles. The number of amides is 1. The minimum absolute atomic E-state index is 0.217. The summed E-state index contributed by atoms with van der Waals surface area (Å²) in [5.74, 6) is 1.22. The summed E-state index contributed by atoms with van der Waals surface area (Å²) in [7, 11) is 0. The number of ether oxygens (including phenoxy) is 1. The van der Waals surface area contributed by atoms with Crippen molar-refractivity contribution in [3.63, 3.8) is 0 Å². The molecule has 0 atom stereocenters. The van der Waals surface area contributed by atoms with E-state index in [1.54, 1.807) is 4.90 Å². The van der Waals surface area contributed by atoms with Gasteiger partial charge in [0.1, 0.15) is 11.4 Å². The van der Waals surface area contributed by atoms with Gasteiger partial charge in [0.15, 0.2) is 0 Å². The van der Waals surface area contributed by atoms with Crippen LogP contribution >= 0.6 is 23.2 Å². The predicted octanol–water partition coefficient (Wildman–Crippen LogP) is 5.94. The minimum Gasteiger partial charge on any atom is -0.444 e. The molecular formula is C28H37Cl2N5O2. The Morgan fingerprint density at radius 3 is 2.41 bits per heavy atom. The maximum Gasteiger partial charge on any atom is 0.410 e. The summed E-state index contributed by atoms with van der Waals surface area (Å²) >= 11 is 12.7. The highest BCUT2D eigenvalue weighted by molar-refractivity contribution is 6.42. The number of hydrogen-bond donors (Lipinski definition) is 2. The lowest BCUT2D eigenvalue weighted by molar-refractivity contribution is 0.0202. The molecule has 0 saturated carbocycles. The highest BCUT2D eigenvalue weighted by Gasteiger charge is 2.30. The molecule has 4 rings (SSSR count). The molecule has 3 aromatic rings. The predicted molar refractivity (Wildman–Crippen MR) is 150 cm³/mol. The van der Waals surface area contributed by atoms with Crippen molar-refractivity contribution in [3.05, 3.63) is 63.4 Å². The molecule has 2 heterocycles. The summed E-state index contributed by atoms with van der Waals surface area (Å²) in [5.41, 5.74) is 9.29. The Morgan fingerprint density at radius 1 is 1.11 bits per heavy atom. The highest BCUT2D eigenvalue weighted by atomic mass is 35.5. The fraction of sp³-hybridized carbons (Fsp3) is 0.500. The van der Waals surface area contributed by atoms with Gasteiger partial charge in [-0.2, -0.15) is 0 Å². The average Bonchev–Trinajstić information content (AvgIpc) is 3.19. The maximum atomic E-state index is 12.6. The van der Waals surface area contributed by atoms with Gasteiger partial charge in [-0.1, -0.05) is 47.5 Å². The summed E-state index contributed by atoms with van der Waals surface area (Å²) in [6, 6.07) is 12.4. The number of benzene rings is 2. The number of nitrogens with one attached hydrogen (secondary N) is 1. The van der Waals surface area contributed by atoms with E-state index in [-0.39, 0.29) is 12.0 Å². The van der Waals surface area contributed by atoms with Gasteiger partial charge in [-0.05, 0) is 76.4 Å². The van der Waals surface area contributed by atoms with Crippen molar-refractivity contribution < 1.29 is 9.53 Å². The average molecular weight is 547 g/mol. The van der Waals surface area contributed by atoms with Crippen LogP contribution in [0.25, 0.3) is 11.0 Å². The van der Waals surface area contributed by atoms with E-state index >= 15 is 0 Å². The van der Waals surface area contributed by atoms with Crippen LogP contribution < -0.4 is 11.1 Å². The molecule has 37 heavy (non-hydrogen) atoms.